The van der Waals surface area contributed by atoms with Crippen molar-refractivity contribution in [1.29, 1.82) is 0 Å². The Kier molecular flexibility index (Phi) is 6.58. The zero-order valence-corrected chi connectivity index (χ0v) is 18.1. The third-order valence-electron chi connectivity index (χ3n) is 5.16. The number of fused-ring (bicyclic) bond motifs is 1. The molecule has 0 aliphatic heterocycles. The topological polar surface area (TPSA) is 120 Å². The van der Waals surface area contributed by atoms with E-state index in [4.69, 9.17) is 0 Å². The maximum absolute atomic E-state index is 9.41. The summed E-state index contributed by atoms with van der Waals surface area (Å²) in [7, 11) is 0. The molecule has 4 N–H and O–H groups in total. The second-order valence-corrected chi connectivity index (χ2v) is 7.83. The van der Waals surface area contributed by atoms with Gasteiger partial charge in [0.25, 0.3) is 0 Å². The van der Waals surface area contributed by atoms with Crippen molar-refractivity contribution < 1.29 is 10.2 Å². The van der Waals surface area contributed by atoms with Crippen LogP contribution in [0.15, 0.2) is 54.9 Å². The van der Waals surface area contributed by atoms with Gasteiger partial charge in [-0.25, -0.2) is 0 Å². The minimum Gasteiger partial charge on any atom is -0.394 e. The molecule has 0 unspecified atom stereocenters. The Morgan fingerprint density at radius 1 is 1.00 bits per heavy atom. The molecule has 0 aliphatic carbocycles. The van der Waals surface area contributed by atoms with Gasteiger partial charge in [0.1, 0.15) is 0 Å². The molecule has 4 rings (SSSR count). The van der Waals surface area contributed by atoms with Crippen LogP contribution in [0.1, 0.15) is 30.9 Å². The van der Waals surface area contributed by atoms with Gasteiger partial charge in [0.15, 0.2) is 5.65 Å². The molecule has 1 aromatic carbocycles. The first-order valence-electron chi connectivity index (χ1n) is 10.6. The predicted molar refractivity (Wildman–Crippen MR) is 123 cm³/mol. The van der Waals surface area contributed by atoms with Crippen molar-refractivity contribution in [3.8, 4) is 11.3 Å². The number of rotatable bonds is 9. The number of hydrogen-bond acceptors (Lipinski definition) is 8. The fourth-order valence-corrected chi connectivity index (χ4v) is 3.32. The number of pyridine rings is 1. The van der Waals surface area contributed by atoms with E-state index in [0.717, 1.165) is 22.4 Å². The number of aliphatic hydroxyl groups excluding tert-OH is 2. The molecular weight excluding hydrogens is 406 g/mol. The second-order valence-electron chi connectivity index (χ2n) is 7.83. The van der Waals surface area contributed by atoms with E-state index in [9.17, 15) is 10.2 Å². The van der Waals surface area contributed by atoms with E-state index in [1.807, 2.05) is 42.5 Å². The van der Waals surface area contributed by atoms with Crippen LogP contribution in [0.3, 0.4) is 0 Å². The number of aliphatic hydroxyl groups is 2. The first-order chi connectivity index (χ1) is 15.6. The van der Waals surface area contributed by atoms with Crippen LogP contribution in [-0.2, 0) is 6.54 Å². The largest absolute Gasteiger partial charge is 0.394 e. The zero-order chi connectivity index (χ0) is 22.5. The van der Waals surface area contributed by atoms with Crippen LogP contribution in [0, 0.1) is 0 Å². The van der Waals surface area contributed by atoms with E-state index in [2.05, 4.69) is 44.5 Å². The van der Waals surface area contributed by atoms with Crippen LogP contribution in [0.2, 0.25) is 0 Å². The Morgan fingerprint density at radius 3 is 2.44 bits per heavy atom. The van der Waals surface area contributed by atoms with Crippen LogP contribution in [0.25, 0.3) is 16.9 Å². The molecule has 0 radical (unpaired) electrons. The molecule has 0 aliphatic rings. The Labute approximate surface area is 186 Å². The maximum atomic E-state index is 9.41. The summed E-state index contributed by atoms with van der Waals surface area (Å²) in [6, 6.07) is 13.5. The van der Waals surface area contributed by atoms with Gasteiger partial charge in [-0.1, -0.05) is 44.2 Å². The Bertz CT molecular complexity index is 1160. The fourth-order valence-electron chi connectivity index (χ4n) is 3.32. The van der Waals surface area contributed by atoms with Gasteiger partial charge in [-0.3, -0.25) is 4.98 Å². The minimum atomic E-state index is -0.546. The van der Waals surface area contributed by atoms with Crippen LogP contribution in [0.4, 0.5) is 11.9 Å². The molecule has 0 fully saturated rings. The average molecular weight is 434 g/mol. The van der Waals surface area contributed by atoms with E-state index in [1.54, 1.807) is 16.9 Å². The first kappa shape index (κ1) is 21.7. The van der Waals surface area contributed by atoms with Crippen molar-refractivity contribution in [2.24, 2.45) is 0 Å². The summed E-state index contributed by atoms with van der Waals surface area (Å²) in [5.41, 5.74) is 4.73. The second kappa shape index (κ2) is 9.71. The number of nitrogens with one attached hydrogen (secondary N) is 2. The molecule has 3 heterocycles. The van der Waals surface area contributed by atoms with E-state index in [-0.39, 0.29) is 19.1 Å². The minimum absolute atomic E-state index is 0.229. The van der Waals surface area contributed by atoms with Crippen molar-refractivity contribution in [1.82, 2.24) is 24.6 Å². The van der Waals surface area contributed by atoms with Crippen LogP contribution in [0.5, 0.6) is 0 Å². The van der Waals surface area contributed by atoms with Crippen molar-refractivity contribution in [2.45, 2.75) is 32.4 Å². The third-order valence-corrected chi connectivity index (χ3v) is 5.16. The summed E-state index contributed by atoms with van der Waals surface area (Å²) < 4.78 is 1.68. The van der Waals surface area contributed by atoms with E-state index in [0.29, 0.717) is 24.1 Å². The number of aromatic nitrogens is 5. The van der Waals surface area contributed by atoms with Gasteiger partial charge in [0, 0.05) is 23.9 Å². The molecule has 0 saturated carbocycles. The predicted octanol–water partition coefficient (Wildman–Crippen LogP) is 2.69. The molecule has 0 atom stereocenters. The molecule has 3 aromatic heterocycles. The third kappa shape index (κ3) is 4.68. The van der Waals surface area contributed by atoms with Gasteiger partial charge in [0.05, 0.1) is 31.1 Å². The lowest BCUT2D eigenvalue weighted by Gasteiger charge is -2.15. The van der Waals surface area contributed by atoms with E-state index in [1.165, 1.54) is 0 Å². The summed E-state index contributed by atoms with van der Waals surface area (Å²) >= 11 is 0. The van der Waals surface area contributed by atoms with Gasteiger partial charge in [-0.15, -0.1) is 0 Å². The van der Waals surface area contributed by atoms with Gasteiger partial charge in [-0.2, -0.15) is 19.6 Å². The Hall–Kier alpha value is -3.56. The van der Waals surface area contributed by atoms with Crippen LogP contribution in [-0.4, -0.2) is 54.0 Å². The molecular formula is C23H27N7O2. The number of hydrogen-bond donors (Lipinski definition) is 4. The summed E-state index contributed by atoms with van der Waals surface area (Å²) in [5, 5.41) is 29.6. The smallest absolute Gasteiger partial charge is 0.229 e. The number of benzene rings is 1. The van der Waals surface area contributed by atoms with Gasteiger partial charge >= 0.3 is 0 Å². The Morgan fingerprint density at radius 2 is 1.78 bits per heavy atom. The van der Waals surface area contributed by atoms with E-state index >= 15 is 0 Å². The lowest BCUT2D eigenvalue weighted by molar-refractivity contribution is 0.203. The normalized spacial score (nSPS) is 11.4. The van der Waals surface area contributed by atoms with Crippen molar-refractivity contribution in [3.63, 3.8) is 0 Å². The van der Waals surface area contributed by atoms with Crippen molar-refractivity contribution in [2.75, 3.05) is 23.8 Å². The molecule has 9 heteroatoms. The highest BCUT2D eigenvalue weighted by molar-refractivity contribution is 5.59. The summed E-state index contributed by atoms with van der Waals surface area (Å²) in [5.74, 6) is 1.07. The van der Waals surface area contributed by atoms with Crippen LogP contribution < -0.4 is 10.6 Å². The van der Waals surface area contributed by atoms with Gasteiger partial charge in [0.2, 0.25) is 11.9 Å². The molecule has 0 bridgehead atoms. The fraction of sp³-hybridized carbons (Fsp3) is 0.304. The monoisotopic (exact) mass is 433 g/mol. The molecule has 0 saturated heterocycles. The van der Waals surface area contributed by atoms with Crippen LogP contribution >= 0.6 is 0 Å². The summed E-state index contributed by atoms with van der Waals surface area (Å²) in [6.45, 7) is 4.23. The molecule has 4 aromatic rings. The highest BCUT2D eigenvalue weighted by Crippen LogP contribution is 2.23. The molecule has 166 valence electrons. The Balaban J connectivity index is 1.58. The number of nitrogens with zero attached hydrogens (tertiary/aromatic N) is 5. The van der Waals surface area contributed by atoms with E-state index < -0.39 is 6.04 Å². The SMILES string of the molecule is CC(C)c1cnn2c(NCc3ccc(-c4ccccn4)cc3)nc(NC(CO)CO)nc12. The lowest BCUT2D eigenvalue weighted by atomic mass is 10.1. The summed E-state index contributed by atoms with van der Waals surface area (Å²) in [4.78, 5) is 13.5. The molecule has 9 nitrogen and oxygen atoms in total. The average Bonchev–Trinajstić information content (AvgIpc) is 3.26. The molecule has 32 heavy (non-hydrogen) atoms. The molecule has 0 amide bonds. The lowest BCUT2D eigenvalue weighted by Crippen LogP contribution is -2.29. The molecule has 0 spiro atoms. The van der Waals surface area contributed by atoms with Crippen molar-refractivity contribution >= 4 is 17.5 Å². The number of anilines is 2. The first-order valence-corrected chi connectivity index (χ1v) is 10.6. The highest BCUT2D eigenvalue weighted by Gasteiger charge is 2.17. The zero-order valence-electron chi connectivity index (χ0n) is 18.1. The van der Waals surface area contributed by atoms with Gasteiger partial charge in [-0.05, 0) is 23.6 Å². The highest BCUT2D eigenvalue weighted by atomic mass is 16.3. The van der Waals surface area contributed by atoms with Gasteiger partial charge < -0.3 is 20.8 Å². The standard InChI is InChI=1S/C23H27N7O2/c1-15(2)19-12-26-30-21(19)28-22(27-18(13-31)14-32)29-23(30)25-11-16-6-8-17(9-7-16)20-5-3-4-10-24-20/h3-10,12,15,18,31-32H,11,13-14H2,1-2H3,(H2,25,27,28,29). The maximum Gasteiger partial charge on any atom is 0.229 e. The van der Waals surface area contributed by atoms with Crippen molar-refractivity contribution in [3.05, 3.63) is 66.0 Å². The summed E-state index contributed by atoms with van der Waals surface area (Å²) in [6.07, 6.45) is 3.57. The quantitative estimate of drug-likeness (QED) is 0.318.